The van der Waals surface area contributed by atoms with Gasteiger partial charge in [-0.15, -0.1) is 0 Å². The van der Waals surface area contributed by atoms with Crippen molar-refractivity contribution < 1.29 is 9.90 Å². The Bertz CT molecular complexity index is 438. The summed E-state index contributed by atoms with van der Waals surface area (Å²) in [7, 11) is 0. The second-order valence-electron chi connectivity index (χ2n) is 2.72. The SMILES string of the molecule is O=C(O)c1cnc2c(c1)SC=CC=C2. The van der Waals surface area contributed by atoms with Gasteiger partial charge in [0, 0.05) is 11.1 Å². The zero-order chi connectivity index (χ0) is 9.97. The third kappa shape index (κ3) is 1.70. The van der Waals surface area contributed by atoms with Crippen molar-refractivity contribution in [1.29, 1.82) is 0 Å². The number of aromatic nitrogens is 1. The van der Waals surface area contributed by atoms with Crippen LogP contribution in [0.1, 0.15) is 16.1 Å². The summed E-state index contributed by atoms with van der Waals surface area (Å²) in [5.74, 6) is -0.946. The van der Waals surface area contributed by atoms with Crippen LogP contribution < -0.4 is 0 Å². The van der Waals surface area contributed by atoms with E-state index >= 15 is 0 Å². The number of carboxylic acids is 1. The van der Waals surface area contributed by atoms with Gasteiger partial charge in [0.15, 0.2) is 0 Å². The van der Waals surface area contributed by atoms with E-state index in [1.165, 1.54) is 18.0 Å². The van der Waals surface area contributed by atoms with E-state index in [0.29, 0.717) is 0 Å². The summed E-state index contributed by atoms with van der Waals surface area (Å²) in [6.07, 6.45) is 7.01. The second-order valence-corrected chi connectivity index (χ2v) is 3.67. The maximum absolute atomic E-state index is 10.7. The Morgan fingerprint density at radius 3 is 3.07 bits per heavy atom. The standard InChI is InChI=1S/C10H7NO2S/c12-10(13)7-5-9-8(11-6-7)3-1-2-4-14-9/h1-6H,(H,12,13). The van der Waals surface area contributed by atoms with Crippen molar-refractivity contribution in [2.45, 2.75) is 4.90 Å². The molecule has 0 saturated carbocycles. The van der Waals surface area contributed by atoms with Gasteiger partial charge in [-0.25, -0.2) is 4.79 Å². The molecule has 1 aliphatic rings. The lowest BCUT2D eigenvalue weighted by Crippen LogP contribution is -1.98. The molecule has 0 aliphatic carbocycles. The van der Waals surface area contributed by atoms with Crippen molar-refractivity contribution in [3.05, 3.63) is 41.1 Å². The van der Waals surface area contributed by atoms with E-state index in [9.17, 15) is 4.79 Å². The largest absolute Gasteiger partial charge is 0.478 e. The van der Waals surface area contributed by atoms with Gasteiger partial charge in [0.1, 0.15) is 0 Å². The molecule has 0 fully saturated rings. The fourth-order valence-electron chi connectivity index (χ4n) is 1.10. The van der Waals surface area contributed by atoms with Crippen molar-refractivity contribution in [2.75, 3.05) is 0 Å². The molecule has 70 valence electrons. The first-order valence-electron chi connectivity index (χ1n) is 4.00. The molecule has 1 aliphatic heterocycles. The van der Waals surface area contributed by atoms with E-state index in [1.807, 2.05) is 23.6 Å². The number of carboxylic acid groups (broad SMARTS) is 1. The molecule has 0 atom stereocenters. The molecule has 0 saturated heterocycles. The monoisotopic (exact) mass is 205 g/mol. The number of hydrogen-bond acceptors (Lipinski definition) is 3. The highest BCUT2D eigenvalue weighted by Crippen LogP contribution is 2.26. The summed E-state index contributed by atoms with van der Waals surface area (Å²) in [5.41, 5.74) is 1.03. The highest BCUT2D eigenvalue weighted by atomic mass is 32.2. The molecular formula is C10H7NO2S. The number of allylic oxidation sites excluding steroid dienone is 2. The zero-order valence-electron chi connectivity index (χ0n) is 7.18. The molecule has 4 heteroatoms. The van der Waals surface area contributed by atoms with Crippen molar-refractivity contribution in [3.63, 3.8) is 0 Å². The fraction of sp³-hybridized carbons (Fsp3) is 0. The summed E-state index contributed by atoms with van der Waals surface area (Å²) in [6, 6.07) is 1.63. The van der Waals surface area contributed by atoms with Crippen molar-refractivity contribution in [2.24, 2.45) is 0 Å². The van der Waals surface area contributed by atoms with Gasteiger partial charge in [-0.1, -0.05) is 23.9 Å². The molecule has 0 spiro atoms. The number of carbonyl (C=O) groups is 1. The topological polar surface area (TPSA) is 50.2 Å². The first-order valence-corrected chi connectivity index (χ1v) is 4.88. The Kier molecular flexibility index (Phi) is 2.37. The number of pyridine rings is 1. The summed E-state index contributed by atoms with van der Waals surface area (Å²) in [5, 5.41) is 10.7. The smallest absolute Gasteiger partial charge is 0.337 e. The lowest BCUT2D eigenvalue weighted by atomic mass is 10.2. The van der Waals surface area contributed by atoms with Gasteiger partial charge in [0.2, 0.25) is 0 Å². The van der Waals surface area contributed by atoms with Crippen LogP contribution in [0.3, 0.4) is 0 Å². The number of hydrogen-bond donors (Lipinski definition) is 1. The molecule has 3 nitrogen and oxygen atoms in total. The predicted molar refractivity (Wildman–Crippen MR) is 55.2 cm³/mol. The summed E-state index contributed by atoms with van der Waals surface area (Å²) in [6.45, 7) is 0. The van der Waals surface area contributed by atoms with Crippen molar-refractivity contribution in [1.82, 2.24) is 4.98 Å². The van der Waals surface area contributed by atoms with Crippen molar-refractivity contribution in [3.8, 4) is 0 Å². The van der Waals surface area contributed by atoms with E-state index in [-0.39, 0.29) is 5.56 Å². The molecule has 0 unspecified atom stereocenters. The molecule has 0 radical (unpaired) electrons. The van der Waals surface area contributed by atoms with E-state index in [2.05, 4.69) is 4.98 Å². The van der Waals surface area contributed by atoms with Crippen LogP contribution in [0.5, 0.6) is 0 Å². The average molecular weight is 205 g/mol. The minimum Gasteiger partial charge on any atom is -0.478 e. The minimum atomic E-state index is -0.946. The van der Waals surface area contributed by atoms with Crippen LogP contribution in [0.2, 0.25) is 0 Å². The number of aromatic carboxylic acids is 1. The highest BCUT2D eigenvalue weighted by molar-refractivity contribution is 8.02. The lowest BCUT2D eigenvalue weighted by Gasteiger charge is -2.01. The maximum atomic E-state index is 10.7. The van der Waals surface area contributed by atoms with Crippen LogP contribution >= 0.6 is 11.8 Å². The Morgan fingerprint density at radius 1 is 1.43 bits per heavy atom. The van der Waals surface area contributed by atoms with E-state index in [1.54, 1.807) is 6.07 Å². The molecule has 0 aromatic carbocycles. The van der Waals surface area contributed by atoms with Gasteiger partial charge in [-0.3, -0.25) is 4.98 Å². The molecule has 2 heterocycles. The van der Waals surface area contributed by atoms with Crippen LogP contribution in [0.15, 0.2) is 34.7 Å². The Hall–Kier alpha value is -1.55. The minimum absolute atomic E-state index is 0.222. The third-order valence-corrected chi connectivity index (χ3v) is 2.64. The van der Waals surface area contributed by atoms with E-state index in [0.717, 1.165) is 10.6 Å². The molecule has 14 heavy (non-hydrogen) atoms. The van der Waals surface area contributed by atoms with Crippen LogP contribution in [0.25, 0.3) is 6.08 Å². The Labute approximate surface area is 85.2 Å². The summed E-state index contributed by atoms with van der Waals surface area (Å²) >= 11 is 1.47. The predicted octanol–water partition coefficient (Wildman–Crippen LogP) is 2.41. The molecule has 2 rings (SSSR count). The first-order chi connectivity index (χ1) is 6.77. The molecule has 0 bridgehead atoms. The molecule has 1 aromatic rings. The normalized spacial score (nSPS) is 13.4. The fourth-order valence-corrected chi connectivity index (χ4v) is 1.85. The Morgan fingerprint density at radius 2 is 2.29 bits per heavy atom. The molecule has 0 amide bonds. The van der Waals surface area contributed by atoms with Crippen LogP contribution in [0, 0.1) is 0 Å². The maximum Gasteiger partial charge on any atom is 0.337 e. The van der Waals surface area contributed by atoms with Crippen LogP contribution in [-0.2, 0) is 0 Å². The van der Waals surface area contributed by atoms with E-state index in [4.69, 9.17) is 5.11 Å². The number of fused-ring (bicyclic) bond motifs is 1. The van der Waals surface area contributed by atoms with Gasteiger partial charge < -0.3 is 5.11 Å². The highest BCUT2D eigenvalue weighted by Gasteiger charge is 2.08. The summed E-state index contributed by atoms with van der Waals surface area (Å²) in [4.78, 5) is 15.6. The van der Waals surface area contributed by atoms with Crippen LogP contribution in [0.4, 0.5) is 0 Å². The van der Waals surface area contributed by atoms with Gasteiger partial charge in [0.25, 0.3) is 0 Å². The number of thioether (sulfide) groups is 1. The van der Waals surface area contributed by atoms with Gasteiger partial charge >= 0.3 is 5.97 Å². The van der Waals surface area contributed by atoms with Gasteiger partial charge in [-0.2, -0.15) is 0 Å². The number of nitrogens with zero attached hydrogens (tertiary/aromatic N) is 1. The molecule has 1 N–H and O–H groups in total. The first kappa shape index (κ1) is 9.02. The Balaban J connectivity index is 2.49. The second kappa shape index (κ2) is 3.67. The van der Waals surface area contributed by atoms with Crippen molar-refractivity contribution >= 4 is 23.8 Å². The van der Waals surface area contributed by atoms with Gasteiger partial charge in [0.05, 0.1) is 11.3 Å². The number of rotatable bonds is 1. The molecule has 1 aromatic heterocycles. The third-order valence-electron chi connectivity index (χ3n) is 1.77. The van der Waals surface area contributed by atoms with Gasteiger partial charge in [-0.05, 0) is 17.6 Å². The quantitative estimate of drug-likeness (QED) is 0.764. The lowest BCUT2D eigenvalue weighted by molar-refractivity contribution is 0.0696. The van der Waals surface area contributed by atoms with E-state index < -0.39 is 5.97 Å². The zero-order valence-corrected chi connectivity index (χ0v) is 7.99. The van der Waals surface area contributed by atoms with Crippen LogP contribution in [-0.4, -0.2) is 16.1 Å². The average Bonchev–Trinajstić information content (AvgIpc) is 2.41. The molecular weight excluding hydrogens is 198 g/mol. The summed E-state index contributed by atoms with van der Waals surface area (Å²) < 4.78 is 0.